The minimum Gasteiger partial charge on any atom is -0.481 e. The van der Waals surface area contributed by atoms with E-state index >= 15 is 0 Å². The van der Waals surface area contributed by atoms with E-state index in [0.717, 1.165) is 6.42 Å². The fourth-order valence-electron chi connectivity index (χ4n) is 3.04. The summed E-state index contributed by atoms with van der Waals surface area (Å²) < 4.78 is 37.6. The Hall–Kier alpha value is -3.99. The second kappa shape index (κ2) is 12.5. The van der Waals surface area contributed by atoms with Crippen LogP contribution in [-0.2, 0) is 30.8 Å². The Kier molecular flexibility index (Phi) is 9.13. The van der Waals surface area contributed by atoms with Crippen LogP contribution in [0.2, 0.25) is 0 Å². The monoisotopic (exact) mass is 498 g/mol. The van der Waals surface area contributed by atoms with Gasteiger partial charge >= 0.3 is 5.97 Å². The van der Waals surface area contributed by atoms with Crippen LogP contribution < -0.4 is 14.8 Å². The van der Waals surface area contributed by atoms with E-state index in [9.17, 15) is 18.0 Å². The smallest absolute Gasteiger partial charge is 0.306 e. The van der Waals surface area contributed by atoms with Crippen molar-refractivity contribution in [3.8, 4) is 5.88 Å². The Morgan fingerprint density at radius 2 is 1.71 bits per heavy atom. The number of aromatic nitrogens is 2. The van der Waals surface area contributed by atoms with Crippen LogP contribution in [0.25, 0.3) is 0 Å². The van der Waals surface area contributed by atoms with E-state index < -0.39 is 16.0 Å². The molecule has 1 aromatic heterocycles. The van der Waals surface area contributed by atoms with Gasteiger partial charge in [0.25, 0.3) is 10.0 Å². The second-order valence-corrected chi connectivity index (χ2v) is 9.12. The van der Waals surface area contributed by atoms with Gasteiger partial charge < -0.3 is 14.8 Å². The third kappa shape index (κ3) is 8.38. The van der Waals surface area contributed by atoms with Gasteiger partial charge in [0.2, 0.25) is 11.8 Å². The highest BCUT2D eigenvalue weighted by molar-refractivity contribution is 7.92. The molecule has 0 bridgehead atoms. The van der Waals surface area contributed by atoms with Crippen molar-refractivity contribution >= 4 is 33.4 Å². The number of carbonyl (C=O) groups excluding carboxylic acids is 2. The Labute approximate surface area is 203 Å². The van der Waals surface area contributed by atoms with Gasteiger partial charge in [0.05, 0.1) is 25.0 Å². The predicted molar refractivity (Wildman–Crippen MR) is 129 cm³/mol. The third-order valence-corrected chi connectivity index (χ3v) is 6.18. The van der Waals surface area contributed by atoms with Crippen molar-refractivity contribution in [2.24, 2.45) is 0 Å². The van der Waals surface area contributed by atoms with Crippen LogP contribution in [0.3, 0.4) is 0 Å². The molecule has 0 aliphatic heterocycles. The van der Waals surface area contributed by atoms with E-state index in [0.29, 0.717) is 18.7 Å². The van der Waals surface area contributed by atoms with Gasteiger partial charge in [0.15, 0.2) is 0 Å². The molecule has 0 aliphatic carbocycles. The van der Waals surface area contributed by atoms with Gasteiger partial charge in [-0.15, -0.1) is 0 Å². The molecule has 3 aromatic rings. The summed E-state index contributed by atoms with van der Waals surface area (Å²) in [6, 6.07) is 16.8. The van der Waals surface area contributed by atoms with Crippen molar-refractivity contribution in [1.29, 1.82) is 0 Å². The average Bonchev–Trinajstić information content (AvgIpc) is 2.86. The number of amides is 1. The molecular weight excluding hydrogens is 472 g/mol. The number of nitrogens with one attached hydrogen (secondary N) is 2. The number of hydrogen-bond donors (Lipinski definition) is 2. The Bertz CT molecular complexity index is 1230. The van der Waals surface area contributed by atoms with Crippen LogP contribution in [0.1, 0.15) is 24.8 Å². The first kappa shape index (κ1) is 25.6. The second-order valence-electron chi connectivity index (χ2n) is 7.43. The van der Waals surface area contributed by atoms with Gasteiger partial charge in [-0.05, 0) is 42.7 Å². The molecule has 0 saturated carbocycles. The molecule has 10 nitrogen and oxygen atoms in total. The minimum atomic E-state index is -3.90. The van der Waals surface area contributed by atoms with Crippen LogP contribution in [0, 0.1) is 0 Å². The number of methoxy groups -OCH3 is 1. The predicted octanol–water partition coefficient (Wildman–Crippen LogP) is 3.18. The summed E-state index contributed by atoms with van der Waals surface area (Å²) in [4.78, 5) is 31.7. The first-order chi connectivity index (χ1) is 16.9. The number of hydrogen-bond acceptors (Lipinski definition) is 8. The van der Waals surface area contributed by atoms with E-state index in [1.807, 2.05) is 30.3 Å². The fraction of sp³-hybridized carbons (Fsp3) is 0.250. The molecule has 1 heterocycles. The summed E-state index contributed by atoms with van der Waals surface area (Å²) in [7, 11) is -2.50. The largest absolute Gasteiger partial charge is 0.481 e. The van der Waals surface area contributed by atoms with E-state index in [4.69, 9.17) is 9.47 Å². The topological polar surface area (TPSA) is 137 Å². The molecule has 0 spiro atoms. The Morgan fingerprint density at radius 3 is 2.43 bits per heavy atom. The lowest BCUT2D eigenvalue weighted by Crippen LogP contribution is -2.16. The van der Waals surface area contributed by atoms with Crippen LogP contribution in [0.5, 0.6) is 5.88 Å². The summed E-state index contributed by atoms with van der Waals surface area (Å²) in [5.41, 5.74) is 1.57. The zero-order valence-corrected chi connectivity index (χ0v) is 20.0. The van der Waals surface area contributed by atoms with Gasteiger partial charge in [-0.1, -0.05) is 30.3 Å². The summed E-state index contributed by atoms with van der Waals surface area (Å²) in [5.74, 6) is -0.553. The molecule has 3 rings (SSSR count). The lowest BCUT2D eigenvalue weighted by Gasteiger charge is -2.09. The molecule has 0 radical (unpaired) electrons. The van der Waals surface area contributed by atoms with E-state index in [1.165, 1.54) is 49.3 Å². The molecule has 2 aromatic carbocycles. The maximum absolute atomic E-state index is 12.5. The van der Waals surface area contributed by atoms with Gasteiger partial charge in [-0.2, -0.15) is 0 Å². The summed E-state index contributed by atoms with van der Waals surface area (Å²) in [6.45, 7) is 0.293. The SMILES string of the molecule is COc1cc(NS(=O)(=O)c2ccc(NC(=O)CCC(=O)OCCCc3ccccc3)cc2)ncn1. The van der Waals surface area contributed by atoms with Gasteiger partial charge in [-0.3, -0.25) is 14.3 Å². The number of ether oxygens (including phenoxy) is 2. The molecule has 11 heteroatoms. The van der Waals surface area contributed by atoms with Gasteiger partial charge in [-0.25, -0.2) is 18.4 Å². The normalized spacial score (nSPS) is 10.9. The van der Waals surface area contributed by atoms with Crippen molar-refractivity contribution < 1.29 is 27.5 Å². The maximum atomic E-state index is 12.5. The third-order valence-electron chi connectivity index (χ3n) is 4.81. The first-order valence-electron chi connectivity index (χ1n) is 10.8. The number of anilines is 2. The fourth-order valence-corrected chi connectivity index (χ4v) is 4.04. The molecule has 0 fully saturated rings. The van der Waals surface area contributed by atoms with Gasteiger partial charge in [0, 0.05) is 18.2 Å². The number of esters is 1. The van der Waals surface area contributed by atoms with Gasteiger partial charge in [0.1, 0.15) is 12.1 Å². The van der Waals surface area contributed by atoms with Crippen molar-refractivity contribution in [3.63, 3.8) is 0 Å². The van der Waals surface area contributed by atoms with Crippen molar-refractivity contribution in [2.75, 3.05) is 23.8 Å². The maximum Gasteiger partial charge on any atom is 0.306 e. The number of rotatable bonds is 12. The summed E-state index contributed by atoms with van der Waals surface area (Å²) >= 11 is 0. The zero-order chi connectivity index (χ0) is 25.1. The number of carbonyl (C=O) groups is 2. The molecule has 2 N–H and O–H groups in total. The highest BCUT2D eigenvalue weighted by atomic mass is 32.2. The van der Waals surface area contributed by atoms with E-state index in [2.05, 4.69) is 20.0 Å². The van der Waals surface area contributed by atoms with Crippen molar-refractivity contribution in [3.05, 3.63) is 72.6 Å². The molecule has 35 heavy (non-hydrogen) atoms. The lowest BCUT2D eigenvalue weighted by atomic mass is 10.1. The lowest BCUT2D eigenvalue weighted by molar-refractivity contribution is -0.144. The number of nitrogens with zero attached hydrogens (tertiary/aromatic N) is 2. The Balaban J connectivity index is 1.41. The van der Waals surface area contributed by atoms with Crippen LogP contribution in [0.4, 0.5) is 11.5 Å². The molecule has 0 saturated heterocycles. The number of benzene rings is 2. The molecule has 1 amide bonds. The van der Waals surface area contributed by atoms with E-state index in [-0.39, 0.29) is 35.3 Å². The zero-order valence-electron chi connectivity index (χ0n) is 19.1. The highest BCUT2D eigenvalue weighted by Crippen LogP contribution is 2.19. The highest BCUT2D eigenvalue weighted by Gasteiger charge is 2.16. The van der Waals surface area contributed by atoms with E-state index in [1.54, 1.807) is 0 Å². The summed E-state index contributed by atoms with van der Waals surface area (Å²) in [6.07, 6.45) is 2.60. The van der Waals surface area contributed by atoms with Crippen molar-refractivity contribution in [1.82, 2.24) is 9.97 Å². The quantitative estimate of drug-likeness (QED) is 0.287. The summed E-state index contributed by atoms with van der Waals surface area (Å²) in [5, 5.41) is 2.63. The molecule has 0 aliphatic rings. The molecule has 184 valence electrons. The number of aryl methyl sites for hydroxylation is 1. The molecular formula is C24H26N4O6S. The van der Waals surface area contributed by atoms with Crippen LogP contribution in [-0.4, -0.2) is 44.0 Å². The minimum absolute atomic E-state index is 0.0211. The van der Waals surface area contributed by atoms with Crippen molar-refractivity contribution in [2.45, 2.75) is 30.6 Å². The van der Waals surface area contributed by atoms with Crippen LogP contribution in [0.15, 0.2) is 71.9 Å². The Morgan fingerprint density at radius 1 is 0.971 bits per heavy atom. The first-order valence-corrected chi connectivity index (χ1v) is 12.3. The molecule has 0 unspecified atom stereocenters. The standard InChI is InChI=1S/C24H26N4O6S/c1-33-23-16-21(25-17-26-23)28-35(31,32)20-11-9-19(10-12-20)27-22(29)13-14-24(30)34-15-5-8-18-6-3-2-4-7-18/h2-4,6-7,9-12,16-17H,5,8,13-15H2,1H3,(H,27,29)(H,25,26,28). The average molecular weight is 499 g/mol. The number of sulfonamides is 1. The molecule has 0 atom stereocenters. The van der Waals surface area contributed by atoms with Crippen LogP contribution >= 0.6 is 0 Å².